The molecule has 0 saturated carbocycles. The molecule has 0 fully saturated rings. The van der Waals surface area contributed by atoms with Gasteiger partial charge < -0.3 is 0 Å². The Bertz CT molecular complexity index is 953. The minimum Gasteiger partial charge on any atom is -0.282 e. The Morgan fingerprint density at radius 1 is 1.14 bits per heavy atom. The molecule has 0 saturated heterocycles. The highest BCUT2D eigenvalue weighted by Crippen LogP contribution is 2.41. The molecule has 1 unspecified atom stereocenters. The van der Waals surface area contributed by atoms with Crippen molar-refractivity contribution in [2.75, 3.05) is 0 Å². The van der Waals surface area contributed by atoms with Crippen LogP contribution in [0.2, 0.25) is 0 Å². The molecule has 2 aliphatic rings. The second-order valence-electron chi connectivity index (χ2n) is 7.27. The normalized spacial score (nSPS) is 23.3. The molecule has 4 rings (SSSR count). The monoisotopic (exact) mass is 406 g/mol. The first-order valence-corrected chi connectivity index (χ1v) is 10.7. The Hall–Kier alpha value is -2.66. The van der Waals surface area contributed by atoms with E-state index in [1.807, 2.05) is 23.1 Å². The summed E-state index contributed by atoms with van der Waals surface area (Å²) in [5.41, 5.74) is 2.10. The number of carbonyl (C=O) groups is 1. The van der Waals surface area contributed by atoms with Crippen molar-refractivity contribution in [1.29, 1.82) is 0 Å². The minimum atomic E-state index is -0.247. The third-order valence-electron chi connectivity index (χ3n) is 5.28. The van der Waals surface area contributed by atoms with Gasteiger partial charge in [-0.3, -0.25) is 14.7 Å². The van der Waals surface area contributed by atoms with E-state index in [9.17, 15) is 9.18 Å². The van der Waals surface area contributed by atoms with Crippen LogP contribution >= 0.6 is 11.8 Å². The Kier molecular flexibility index (Phi) is 5.95. The number of hydrogen-bond donors (Lipinski definition) is 0. The summed E-state index contributed by atoms with van der Waals surface area (Å²) < 4.78 is 13.2. The smallest absolute Gasteiger partial charge is 0.226 e. The van der Waals surface area contributed by atoms with Gasteiger partial charge in [0.1, 0.15) is 5.82 Å². The van der Waals surface area contributed by atoms with Gasteiger partial charge in [-0.1, -0.05) is 78.5 Å². The molecule has 148 valence electrons. The van der Waals surface area contributed by atoms with E-state index in [2.05, 4.69) is 36.4 Å². The molecule has 1 aliphatic carbocycles. The van der Waals surface area contributed by atoms with E-state index in [0.717, 1.165) is 22.7 Å². The zero-order valence-corrected chi connectivity index (χ0v) is 17.1. The first kappa shape index (κ1) is 19.6. The number of nitrogens with zero attached hydrogens (tertiary/aromatic N) is 2. The van der Waals surface area contributed by atoms with E-state index in [-0.39, 0.29) is 29.7 Å². The van der Waals surface area contributed by atoms with Crippen molar-refractivity contribution >= 4 is 22.8 Å². The molecule has 0 spiro atoms. The van der Waals surface area contributed by atoms with Crippen LogP contribution in [0.5, 0.6) is 0 Å². The summed E-state index contributed by atoms with van der Waals surface area (Å²) in [6.45, 7) is 1.60. The van der Waals surface area contributed by atoms with Crippen molar-refractivity contribution < 1.29 is 9.18 Å². The molecule has 3 atom stereocenters. The standard InChI is InChI=1S/C24H23FN2OS/c1-17(28)27-23(20-10-6-3-7-11-20)22(19-8-4-2-5-9-19)26-24(27)29-16-18-12-14-21(25)15-13-18/h2-8,10-15,19,22-23H,9,16H2,1H3/t19?,22-,23+/m0/s1. The van der Waals surface area contributed by atoms with Gasteiger partial charge in [0.05, 0.1) is 12.1 Å². The summed E-state index contributed by atoms with van der Waals surface area (Å²) in [6.07, 6.45) is 9.38. The van der Waals surface area contributed by atoms with E-state index >= 15 is 0 Å². The maximum atomic E-state index is 13.2. The zero-order chi connectivity index (χ0) is 20.2. The van der Waals surface area contributed by atoms with Gasteiger partial charge in [-0.15, -0.1) is 0 Å². The molecule has 1 amide bonds. The van der Waals surface area contributed by atoms with Crippen LogP contribution in [-0.2, 0) is 10.5 Å². The number of thioether (sulfide) groups is 1. The van der Waals surface area contributed by atoms with Crippen molar-refractivity contribution in [2.24, 2.45) is 10.9 Å². The second kappa shape index (κ2) is 8.78. The van der Waals surface area contributed by atoms with Crippen molar-refractivity contribution in [1.82, 2.24) is 4.90 Å². The molecule has 0 bridgehead atoms. The molecule has 2 aromatic carbocycles. The number of aliphatic imine (C=N–C) groups is 1. The maximum absolute atomic E-state index is 13.2. The second-order valence-corrected chi connectivity index (χ2v) is 8.22. The summed E-state index contributed by atoms with van der Waals surface area (Å²) >= 11 is 1.54. The largest absolute Gasteiger partial charge is 0.282 e. The molecule has 5 heteroatoms. The fraction of sp³-hybridized carbons (Fsp3) is 0.250. The lowest BCUT2D eigenvalue weighted by Gasteiger charge is -2.31. The topological polar surface area (TPSA) is 32.7 Å². The number of rotatable bonds is 4. The van der Waals surface area contributed by atoms with E-state index in [4.69, 9.17) is 4.99 Å². The van der Waals surface area contributed by atoms with E-state index < -0.39 is 0 Å². The van der Waals surface area contributed by atoms with Gasteiger partial charge in [0.15, 0.2) is 5.17 Å². The fourth-order valence-electron chi connectivity index (χ4n) is 3.88. The van der Waals surface area contributed by atoms with Crippen LogP contribution in [0.15, 0.2) is 83.9 Å². The molecule has 3 nitrogen and oxygen atoms in total. The lowest BCUT2D eigenvalue weighted by Crippen LogP contribution is -2.37. The lowest BCUT2D eigenvalue weighted by molar-refractivity contribution is -0.126. The van der Waals surface area contributed by atoms with Gasteiger partial charge in [-0.25, -0.2) is 4.39 Å². The molecule has 0 radical (unpaired) electrons. The summed E-state index contributed by atoms with van der Waals surface area (Å²) in [4.78, 5) is 19.5. The quantitative estimate of drug-likeness (QED) is 0.670. The van der Waals surface area contributed by atoms with Crippen LogP contribution < -0.4 is 0 Å². The van der Waals surface area contributed by atoms with Gasteiger partial charge in [0.2, 0.25) is 5.91 Å². The highest BCUT2D eigenvalue weighted by Gasteiger charge is 2.42. The van der Waals surface area contributed by atoms with Crippen LogP contribution in [0.25, 0.3) is 0 Å². The summed E-state index contributed by atoms with van der Waals surface area (Å²) in [7, 11) is 0. The van der Waals surface area contributed by atoms with Crippen molar-refractivity contribution in [3.8, 4) is 0 Å². The van der Waals surface area contributed by atoms with E-state index in [0.29, 0.717) is 5.75 Å². The van der Waals surface area contributed by atoms with Gasteiger partial charge in [-0.2, -0.15) is 0 Å². The van der Waals surface area contributed by atoms with Crippen LogP contribution in [0.1, 0.15) is 30.5 Å². The molecule has 0 N–H and O–H groups in total. The average Bonchev–Trinajstić information content (AvgIpc) is 3.14. The third-order valence-corrected chi connectivity index (χ3v) is 6.32. The van der Waals surface area contributed by atoms with Gasteiger partial charge in [0, 0.05) is 18.6 Å². The number of carbonyl (C=O) groups excluding carboxylic acids is 1. The first-order chi connectivity index (χ1) is 14.1. The molecule has 1 heterocycles. The molecule has 2 aromatic rings. The van der Waals surface area contributed by atoms with Crippen molar-refractivity contribution in [2.45, 2.75) is 31.2 Å². The number of amides is 1. The number of amidine groups is 1. The maximum Gasteiger partial charge on any atom is 0.226 e. The van der Waals surface area contributed by atoms with Gasteiger partial charge in [-0.05, 0) is 29.7 Å². The van der Waals surface area contributed by atoms with Gasteiger partial charge in [0.25, 0.3) is 0 Å². The van der Waals surface area contributed by atoms with Gasteiger partial charge >= 0.3 is 0 Å². The number of benzene rings is 2. The predicted molar refractivity (Wildman–Crippen MR) is 117 cm³/mol. The van der Waals surface area contributed by atoms with Crippen LogP contribution in [0.4, 0.5) is 4.39 Å². The molecule has 29 heavy (non-hydrogen) atoms. The molecular formula is C24H23FN2OS. The Balaban J connectivity index is 1.64. The third kappa shape index (κ3) is 4.35. The highest BCUT2D eigenvalue weighted by atomic mass is 32.2. The summed E-state index contributed by atoms with van der Waals surface area (Å²) in [5, 5.41) is 0.739. The summed E-state index contributed by atoms with van der Waals surface area (Å²) in [6, 6.07) is 16.5. The molecule has 1 aliphatic heterocycles. The lowest BCUT2D eigenvalue weighted by atomic mass is 9.85. The predicted octanol–water partition coefficient (Wildman–Crippen LogP) is 5.52. The minimum absolute atomic E-state index is 0.0120. The van der Waals surface area contributed by atoms with Crippen LogP contribution in [0, 0.1) is 11.7 Å². The number of halogens is 1. The average molecular weight is 407 g/mol. The SMILES string of the molecule is CC(=O)N1C(SCc2ccc(F)cc2)=N[C@@H](C2C=CC=CC2)[C@H]1c1ccccc1. The Morgan fingerprint density at radius 2 is 1.90 bits per heavy atom. The van der Waals surface area contributed by atoms with Crippen molar-refractivity contribution in [3.63, 3.8) is 0 Å². The van der Waals surface area contributed by atoms with Crippen molar-refractivity contribution in [3.05, 3.63) is 95.8 Å². The fourth-order valence-corrected chi connectivity index (χ4v) is 4.94. The van der Waals surface area contributed by atoms with E-state index in [1.165, 1.54) is 23.9 Å². The Morgan fingerprint density at radius 3 is 2.55 bits per heavy atom. The highest BCUT2D eigenvalue weighted by molar-refractivity contribution is 8.13. The number of allylic oxidation sites excluding steroid dienone is 3. The van der Waals surface area contributed by atoms with Crippen LogP contribution in [0.3, 0.4) is 0 Å². The molecular weight excluding hydrogens is 383 g/mol. The zero-order valence-electron chi connectivity index (χ0n) is 16.2. The molecule has 0 aromatic heterocycles. The van der Waals surface area contributed by atoms with E-state index in [1.54, 1.807) is 19.1 Å². The van der Waals surface area contributed by atoms with Crippen LogP contribution in [-0.4, -0.2) is 22.0 Å². The first-order valence-electron chi connectivity index (χ1n) is 9.76. The number of hydrogen-bond acceptors (Lipinski definition) is 3. The Labute approximate surface area is 175 Å². The summed E-state index contributed by atoms with van der Waals surface area (Å²) in [5.74, 6) is 0.624.